The summed E-state index contributed by atoms with van der Waals surface area (Å²) in [5, 5.41) is 11.0. The van der Waals surface area contributed by atoms with Crippen molar-refractivity contribution in [2.75, 3.05) is 38.6 Å². The van der Waals surface area contributed by atoms with Crippen LogP contribution in [0.5, 0.6) is 0 Å². The standard InChI is InChI=1S/C21H23N5O4/c22-21-24(9-8-23-10-12-30-13-11-23)18-6-1-2-7-19(18)25(21)15-20(27)16-4-3-5-17(14-16)26(28)29/h1-7,14,22H,8-13,15H2/p+2. The fourth-order valence-electron chi connectivity index (χ4n) is 3.92. The zero-order valence-corrected chi connectivity index (χ0v) is 16.6. The number of fused-ring (bicyclic) bond motifs is 1. The minimum atomic E-state index is -0.502. The van der Waals surface area contributed by atoms with Gasteiger partial charge in [-0.25, -0.2) is 9.13 Å². The van der Waals surface area contributed by atoms with Gasteiger partial charge < -0.3 is 9.64 Å². The van der Waals surface area contributed by atoms with Gasteiger partial charge in [-0.1, -0.05) is 24.3 Å². The molecule has 30 heavy (non-hydrogen) atoms. The number of hydrogen-bond acceptors (Lipinski definition) is 5. The van der Waals surface area contributed by atoms with Crippen molar-refractivity contribution in [1.82, 2.24) is 4.57 Å². The highest BCUT2D eigenvalue weighted by atomic mass is 16.6. The first kappa shape index (κ1) is 20.0. The van der Waals surface area contributed by atoms with Gasteiger partial charge in [0.15, 0.2) is 5.78 Å². The molecule has 3 aromatic rings. The first-order chi connectivity index (χ1) is 14.5. The van der Waals surface area contributed by atoms with E-state index < -0.39 is 4.92 Å². The third kappa shape index (κ3) is 4.03. The van der Waals surface area contributed by atoms with E-state index in [1.807, 2.05) is 28.8 Å². The normalized spacial score (nSPS) is 14.8. The SMILES string of the molecule is Nc1n(CC[NH+]2CCOCC2)c2ccccc2[n+]1CC(=O)c1cccc([N+](=O)[O-])c1. The van der Waals surface area contributed by atoms with Gasteiger partial charge in [0.25, 0.3) is 5.69 Å². The molecule has 0 atom stereocenters. The van der Waals surface area contributed by atoms with Crippen molar-refractivity contribution in [3.05, 3.63) is 64.2 Å². The van der Waals surface area contributed by atoms with Crippen LogP contribution < -0.4 is 15.2 Å². The van der Waals surface area contributed by atoms with Gasteiger partial charge in [-0.05, 0) is 12.1 Å². The number of nitrogens with zero attached hydrogens (tertiary/aromatic N) is 3. The minimum absolute atomic E-state index is 0.0188. The van der Waals surface area contributed by atoms with Crippen LogP contribution in [0.25, 0.3) is 11.0 Å². The molecule has 1 aromatic heterocycles. The van der Waals surface area contributed by atoms with Crippen molar-refractivity contribution in [3.63, 3.8) is 0 Å². The molecule has 0 saturated carbocycles. The van der Waals surface area contributed by atoms with Crippen LogP contribution in [0.3, 0.4) is 0 Å². The molecule has 3 N–H and O–H groups in total. The lowest BCUT2D eigenvalue weighted by Gasteiger charge is -2.23. The number of carbonyl (C=O) groups is 1. The lowest BCUT2D eigenvalue weighted by Crippen LogP contribution is -3.14. The van der Waals surface area contributed by atoms with Gasteiger partial charge in [0.1, 0.15) is 43.8 Å². The third-order valence-electron chi connectivity index (χ3n) is 5.59. The van der Waals surface area contributed by atoms with E-state index >= 15 is 0 Å². The molecule has 0 unspecified atom stereocenters. The number of ketones is 1. The fraction of sp³-hybridized carbons (Fsp3) is 0.333. The molecule has 4 rings (SSSR count). The van der Waals surface area contributed by atoms with Gasteiger partial charge in [0.2, 0.25) is 0 Å². The molecule has 1 saturated heterocycles. The van der Waals surface area contributed by atoms with E-state index in [0.29, 0.717) is 11.5 Å². The largest absolute Gasteiger partial charge is 0.370 e. The molecule has 9 heteroatoms. The second kappa shape index (κ2) is 8.60. The number of carbonyl (C=O) groups excluding carboxylic acids is 1. The highest BCUT2D eigenvalue weighted by Gasteiger charge is 2.25. The molecule has 0 bridgehead atoms. The Morgan fingerprint density at radius 1 is 1.20 bits per heavy atom. The Labute approximate surface area is 173 Å². The van der Waals surface area contributed by atoms with Gasteiger partial charge in [0.05, 0.1) is 18.1 Å². The van der Waals surface area contributed by atoms with E-state index in [1.165, 1.54) is 23.1 Å². The molecule has 0 radical (unpaired) electrons. The molecule has 156 valence electrons. The van der Waals surface area contributed by atoms with Crippen LogP contribution in [0, 0.1) is 10.1 Å². The summed E-state index contributed by atoms with van der Waals surface area (Å²) in [6.07, 6.45) is 0. The Bertz CT molecular complexity index is 1090. The molecule has 0 spiro atoms. The Balaban J connectivity index is 1.61. The number of quaternary nitrogens is 1. The quantitative estimate of drug-likeness (QED) is 0.250. The number of nitrogens with one attached hydrogen (secondary N) is 1. The smallest absolute Gasteiger partial charge is 0.356 e. The number of rotatable bonds is 7. The van der Waals surface area contributed by atoms with Crippen molar-refractivity contribution in [3.8, 4) is 0 Å². The zero-order valence-electron chi connectivity index (χ0n) is 16.6. The maximum atomic E-state index is 12.9. The van der Waals surface area contributed by atoms with Crippen LogP contribution in [-0.2, 0) is 17.8 Å². The average molecular weight is 411 g/mol. The molecule has 9 nitrogen and oxygen atoms in total. The number of nitro groups is 1. The number of morpholine rings is 1. The summed E-state index contributed by atoms with van der Waals surface area (Å²) in [5.41, 5.74) is 8.50. The molecule has 2 heterocycles. The minimum Gasteiger partial charge on any atom is -0.370 e. The highest BCUT2D eigenvalue weighted by Crippen LogP contribution is 2.17. The number of Topliss-reactive ketones (excluding diaryl/α,β-unsaturated/α-hetero) is 1. The molecule has 0 aliphatic carbocycles. The Kier molecular flexibility index (Phi) is 5.73. The van der Waals surface area contributed by atoms with E-state index in [1.54, 1.807) is 10.6 Å². The van der Waals surface area contributed by atoms with E-state index in [-0.39, 0.29) is 18.0 Å². The summed E-state index contributed by atoms with van der Waals surface area (Å²) >= 11 is 0. The Morgan fingerprint density at radius 3 is 2.73 bits per heavy atom. The predicted octanol–water partition coefficient (Wildman–Crippen LogP) is 0.217. The summed E-state index contributed by atoms with van der Waals surface area (Å²) in [5.74, 6) is 0.278. The number of hydrogen-bond donors (Lipinski definition) is 2. The number of non-ortho nitro benzene ring substituents is 1. The first-order valence-electron chi connectivity index (χ1n) is 10.00. The van der Waals surface area contributed by atoms with Crippen LogP contribution in [0.15, 0.2) is 48.5 Å². The number of imidazole rings is 1. The van der Waals surface area contributed by atoms with Gasteiger partial charge in [-0.3, -0.25) is 20.6 Å². The average Bonchev–Trinajstić information content (AvgIpc) is 3.04. The lowest BCUT2D eigenvalue weighted by molar-refractivity contribution is -0.908. The maximum absolute atomic E-state index is 12.9. The van der Waals surface area contributed by atoms with Crippen LogP contribution in [0.4, 0.5) is 11.6 Å². The molecular formula is C21H25N5O4+2. The van der Waals surface area contributed by atoms with Gasteiger partial charge >= 0.3 is 5.95 Å². The van der Waals surface area contributed by atoms with Crippen molar-refractivity contribution in [1.29, 1.82) is 0 Å². The Morgan fingerprint density at radius 2 is 1.97 bits per heavy atom. The van der Waals surface area contributed by atoms with Gasteiger partial charge in [-0.15, -0.1) is 0 Å². The molecular weight excluding hydrogens is 386 g/mol. The second-order valence-corrected chi connectivity index (χ2v) is 7.43. The van der Waals surface area contributed by atoms with Crippen LogP contribution in [-0.4, -0.2) is 48.1 Å². The monoisotopic (exact) mass is 411 g/mol. The van der Waals surface area contributed by atoms with Crippen molar-refractivity contribution < 1.29 is 23.9 Å². The summed E-state index contributed by atoms with van der Waals surface area (Å²) in [6.45, 7) is 5.17. The van der Waals surface area contributed by atoms with Crippen LogP contribution >= 0.6 is 0 Å². The Hall–Kier alpha value is -3.30. The van der Waals surface area contributed by atoms with Crippen LogP contribution in [0.2, 0.25) is 0 Å². The van der Waals surface area contributed by atoms with Crippen molar-refractivity contribution in [2.24, 2.45) is 0 Å². The molecule has 2 aromatic carbocycles. The van der Waals surface area contributed by atoms with Gasteiger partial charge in [-0.2, -0.15) is 0 Å². The topological polar surface area (TPSA) is 109 Å². The second-order valence-electron chi connectivity index (χ2n) is 7.43. The summed E-state index contributed by atoms with van der Waals surface area (Å²) in [4.78, 5) is 24.9. The number of nitrogens with two attached hydrogens (primary N) is 1. The molecule has 0 amide bonds. The fourth-order valence-corrected chi connectivity index (χ4v) is 3.92. The van der Waals surface area contributed by atoms with E-state index in [4.69, 9.17) is 10.5 Å². The maximum Gasteiger partial charge on any atom is 0.356 e. The zero-order chi connectivity index (χ0) is 21.1. The van der Waals surface area contributed by atoms with E-state index in [0.717, 1.165) is 50.4 Å². The third-order valence-corrected chi connectivity index (χ3v) is 5.59. The number of para-hydroxylation sites is 2. The number of aromatic nitrogens is 2. The van der Waals surface area contributed by atoms with E-state index in [2.05, 4.69) is 0 Å². The highest BCUT2D eigenvalue weighted by molar-refractivity contribution is 5.96. The van der Waals surface area contributed by atoms with E-state index in [9.17, 15) is 14.9 Å². The number of benzene rings is 2. The van der Waals surface area contributed by atoms with Crippen molar-refractivity contribution in [2.45, 2.75) is 13.1 Å². The lowest BCUT2D eigenvalue weighted by atomic mass is 10.1. The number of nitrogen functional groups attached to an aromatic ring is 1. The van der Waals surface area contributed by atoms with Gasteiger partial charge in [0, 0.05) is 17.7 Å². The number of ether oxygens (including phenoxy) is 1. The summed E-state index contributed by atoms with van der Waals surface area (Å²) < 4.78 is 9.25. The first-order valence-corrected chi connectivity index (χ1v) is 10.00. The molecule has 1 aliphatic heterocycles. The van der Waals surface area contributed by atoms with Crippen LogP contribution in [0.1, 0.15) is 10.4 Å². The number of nitro benzene ring substituents is 1. The molecule has 1 aliphatic rings. The summed E-state index contributed by atoms with van der Waals surface area (Å²) in [7, 11) is 0. The predicted molar refractivity (Wildman–Crippen MR) is 110 cm³/mol. The van der Waals surface area contributed by atoms with Crippen molar-refractivity contribution >= 4 is 28.5 Å². The number of anilines is 1. The molecule has 1 fully saturated rings. The summed E-state index contributed by atoms with van der Waals surface area (Å²) in [6, 6.07) is 13.6.